The number of likely N-dealkylation sites (N-methyl/N-ethyl adjacent to an activating group) is 1. The lowest BCUT2D eigenvalue weighted by Crippen LogP contribution is -2.51. The molecular formula is C15H22FNO3. The molecule has 0 heterocycles. The molecule has 0 aliphatic carbocycles. The second kappa shape index (κ2) is 7.85. The van der Waals surface area contributed by atoms with Gasteiger partial charge in [0.1, 0.15) is 17.1 Å². The third-order valence-electron chi connectivity index (χ3n) is 2.96. The molecule has 1 aromatic carbocycles. The maximum absolute atomic E-state index is 13.0. The molecule has 112 valence electrons. The highest BCUT2D eigenvalue weighted by molar-refractivity contribution is 5.80. The lowest BCUT2D eigenvalue weighted by molar-refractivity contribution is -0.151. The number of halogens is 1. The van der Waals surface area contributed by atoms with Crippen LogP contribution in [-0.4, -0.2) is 31.3 Å². The van der Waals surface area contributed by atoms with Crippen LogP contribution < -0.4 is 10.1 Å². The van der Waals surface area contributed by atoms with E-state index < -0.39 is 5.54 Å². The Morgan fingerprint density at radius 2 is 2.15 bits per heavy atom. The van der Waals surface area contributed by atoms with E-state index >= 15 is 0 Å². The van der Waals surface area contributed by atoms with Crippen LogP contribution in [0.1, 0.15) is 27.2 Å². The minimum absolute atomic E-state index is 0.297. The molecule has 0 radical (unpaired) electrons. The van der Waals surface area contributed by atoms with E-state index in [2.05, 4.69) is 5.32 Å². The number of carbonyl (C=O) groups excluding carboxylic acids is 1. The average molecular weight is 283 g/mol. The molecule has 0 aliphatic heterocycles. The molecule has 1 aromatic rings. The van der Waals surface area contributed by atoms with Crippen LogP contribution in [0.25, 0.3) is 0 Å². The summed E-state index contributed by atoms with van der Waals surface area (Å²) in [6, 6.07) is 5.93. The molecular weight excluding hydrogens is 261 g/mol. The van der Waals surface area contributed by atoms with Crippen LogP contribution in [0.15, 0.2) is 24.3 Å². The Kier molecular flexibility index (Phi) is 6.45. The summed E-state index contributed by atoms with van der Waals surface area (Å²) in [5, 5.41) is 3.11. The fourth-order valence-electron chi connectivity index (χ4n) is 1.87. The van der Waals surface area contributed by atoms with Crippen molar-refractivity contribution < 1.29 is 18.7 Å². The molecule has 1 rings (SSSR count). The zero-order valence-corrected chi connectivity index (χ0v) is 12.2. The molecule has 1 N–H and O–H groups in total. The average Bonchev–Trinajstić information content (AvgIpc) is 2.39. The summed E-state index contributed by atoms with van der Waals surface area (Å²) in [5.41, 5.74) is -0.794. The van der Waals surface area contributed by atoms with Crippen molar-refractivity contribution in [2.24, 2.45) is 0 Å². The Morgan fingerprint density at radius 3 is 2.75 bits per heavy atom. The SMILES string of the molecule is CCNC(C)(CCOc1cccc(F)c1)C(=O)OCC. The van der Waals surface area contributed by atoms with Crippen molar-refractivity contribution in [2.75, 3.05) is 19.8 Å². The summed E-state index contributed by atoms with van der Waals surface area (Å²) < 4.78 is 23.5. The van der Waals surface area contributed by atoms with E-state index in [1.54, 1.807) is 26.0 Å². The summed E-state index contributed by atoms with van der Waals surface area (Å²) >= 11 is 0. The van der Waals surface area contributed by atoms with Gasteiger partial charge in [0.05, 0.1) is 13.2 Å². The Labute approximate surface area is 119 Å². The molecule has 20 heavy (non-hydrogen) atoms. The van der Waals surface area contributed by atoms with Crippen LogP contribution in [0.3, 0.4) is 0 Å². The molecule has 5 heteroatoms. The Bertz CT molecular complexity index is 439. The van der Waals surface area contributed by atoms with Crippen LogP contribution in [-0.2, 0) is 9.53 Å². The van der Waals surface area contributed by atoms with Crippen molar-refractivity contribution in [1.29, 1.82) is 0 Å². The third kappa shape index (κ3) is 4.81. The summed E-state index contributed by atoms with van der Waals surface area (Å²) in [7, 11) is 0. The lowest BCUT2D eigenvalue weighted by Gasteiger charge is -2.28. The number of hydrogen-bond donors (Lipinski definition) is 1. The molecule has 4 nitrogen and oxygen atoms in total. The summed E-state index contributed by atoms with van der Waals surface area (Å²) in [6.07, 6.45) is 0.441. The highest BCUT2D eigenvalue weighted by atomic mass is 19.1. The zero-order valence-electron chi connectivity index (χ0n) is 12.2. The number of esters is 1. The summed E-state index contributed by atoms with van der Waals surface area (Å²) in [5.74, 6) is -0.195. The molecule has 0 saturated carbocycles. The van der Waals surface area contributed by atoms with E-state index in [9.17, 15) is 9.18 Å². The van der Waals surface area contributed by atoms with Crippen molar-refractivity contribution in [3.8, 4) is 5.75 Å². The van der Waals surface area contributed by atoms with Gasteiger partial charge in [-0.1, -0.05) is 13.0 Å². The van der Waals surface area contributed by atoms with Gasteiger partial charge in [-0.2, -0.15) is 0 Å². The maximum atomic E-state index is 13.0. The summed E-state index contributed by atoms with van der Waals surface area (Å²) in [6.45, 7) is 6.76. The Morgan fingerprint density at radius 1 is 1.40 bits per heavy atom. The number of carbonyl (C=O) groups is 1. The number of benzene rings is 1. The number of ether oxygens (including phenoxy) is 2. The van der Waals surface area contributed by atoms with Gasteiger partial charge in [0.2, 0.25) is 0 Å². The van der Waals surface area contributed by atoms with Crippen LogP contribution in [0, 0.1) is 5.82 Å². The number of rotatable bonds is 8. The maximum Gasteiger partial charge on any atom is 0.326 e. The fraction of sp³-hybridized carbons (Fsp3) is 0.533. The van der Waals surface area contributed by atoms with Gasteiger partial charge < -0.3 is 14.8 Å². The minimum Gasteiger partial charge on any atom is -0.493 e. The van der Waals surface area contributed by atoms with Crippen molar-refractivity contribution in [2.45, 2.75) is 32.7 Å². The molecule has 0 spiro atoms. The summed E-state index contributed by atoms with van der Waals surface area (Å²) in [4.78, 5) is 12.0. The van der Waals surface area contributed by atoms with E-state index in [1.165, 1.54) is 12.1 Å². The molecule has 0 fully saturated rings. The molecule has 0 aliphatic rings. The Hall–Kier alpha value is -1.62. The highest BCUT2D eigenvalue weighted by Gasteiger charge is 2.33. The van der Waals surface area contributed by atoms with Gasteiger partial charge in [0.15, 0.2) is 0 Å². The van der Waals surface area contributed by atoms with E-state index in [0.717, 1.165) is 0 Å². The second-order valence-corrected chi connectivity index (χ2v) is 4.64. The largest absolute Gasteiger partial charge is 0.493 e. The number of nitrogens with one attached hydrogen (secondary N) is 1. The lowest BCUT2D eigenvalue weighted by atomic mass is 9.98. The van der Waals surface area contributed by atoms with E-state index in [-0.39, 0.29) is 11.8 Å². The second-order valence-electron chi connectivity index (χ2n) is 4.64. The first-order chi connectivity index (χ1) is 9.51. The molecule has 0 aromatic heterocycles. The topological polar surface area (TPSA) is 47.6 Å². The third-order valence-corrected chi connectivity index (χ3v) is 2.96. The normalized spacial score (nSPS) is 13.6. The van der Waals surface area contributed by atoms with Gasteiger partial charge in [0.25, 0.3) is 0 Å². The van der Waals surface area contributed by atoms with Crippen molar-refractivity contribution in [1.82, 2.24) is 5.32 Å². The smallest absolute Gasteiger partial charge is 0.326 e. The first-order valence-electron chi connectivity index (χ1n) is 6.82. The molecule has 0 bridgehead atoms. The van der Waals surface area contributed by atoms with Crippen molar-refractivity contribution in [3.05, 3.63) is 30.1 Å². The number of hydrogen-bond acceptors (Lipinski definition) is 4. The minimum atomic E-state index is -0.794. The van der Waals surface area contributed by atoms with Crippen molar-refractivity contribution in [3.63, 3.8) is 0 Å². The first kappa shape index (κ1) is 16.4. The molecule has 1 atom stereocenters. The van der Waals surface area contributed by atoms with Crippen LogP contribution >= 0.6 is 0 Å². The monoisotopic (exact) mass is 283 g/mol. The van der Waals surface area contributed by atoms with Gasteiger partial charge in [-0.25, -0.2) is 4.39 Å². The van der Waals surface area contributed by atoms with Crippen molar-refractivity contribution >= 4 is 5.97 Å². The van der Waals surface area contributed by atoms with E-state index in [1.807, 2.05) is 6.92 Å². The zero-order chi connectivity index (χ0) is 15.0. The van der Waals surface area contributed by atoms with Gasteiger partial charge >= 0.3 is 5.97 Å². The van der Waals surface area contributed by atoms with Gasteiger partial charge in [-0.3, -0.25) is 4.79 Å². The fourth-order valence-corrected chi connectivity index (χ4v) is 1.87. The van der Waals surface area contributed by atoms with E-state index in [0.29, 0.717) is 31.9 Å². The predicted octanol–water partition coefficient (Wildman–Crippen LogP) is 2.53. The highest BCUT2D eigenvalue weighted by Crippen LogP contribution is 2.16. The van der Waals surface area contributed by atoms with Crippen LogP contribution in [0.2, 0.25) is 0 Å². The van der Waals surface area contributed by atoms with Gasteiger partial charge in [0, 0.05) is 12.5 Å². The first-order valence-corrected chi connectivity index (χ1v) is 6.82. The predicted molar refractivity (Wildman–Crippen MR) is 75.2 cm³/mol. The Balaban J connectivity index is 2.56. The quantitative estimate of drug-likeness (QED) is 0.745. The standard InChI is InChI=1S/C15H22FNO3/c1-4-17-15(3,14(18)19-5-2)9-10-20-13-8-6-7-12(16)11-13/h6-8,11,17H,4-5,9-10H2,1-3H3. The van der Waals surface area contributed by atoms with Gasteiger partial charge in [-0.05, 0) is 32.5 Å². The van der Waals surface area contributed by atoms with Crippen LogP contribution in [0.4, 0.5) is 4.39 Å². The van der Waals surface area contributed by atoms with Gasteiger partial charge in [-0.15, -0.1) is 0 Å². The van der Waals surface area contributed by atoms with Crippen LogP contribution in [0.5, 0.6) is 5.75 Å². The molecule has 0 saturated heterocycles. The van der Waals surface area contributed by atoms with E-state index in [4.69, 9.17) is 9.47 Å². The molecule has 0 amide bonds. The molecule has 1 unspecified atom stereocenters.